The molecule has 6 heteroatoms. The molecule has 1 unspecified atom stereocenters. The molecule has 18 heavy (non-hydrogen) atoms. The van der Waals surface area contributed by atoms with Crippen LogP contribution in [-0.2, 0) is 4.74 Å². The van der Waals surface area contributed by atoms with Gasteiger partial charge in [-0.3, -0.25) is 4.90 Å². The second-order valence-electron chi connectivity index (χ2n) is 4.74. The molecule has 1 aromatic rings. The first-order chi connectivity index (χ1) is 8.49. The molecule has 1 atom stereocenters. The molecule has 0 aromatic carbocycles. The smallest absolute Gasteiger partial charge is 0.161 e. The maximum Gasteiger partial charge on any atom is 0.161 e. The number of ether oxygens (including phenoxy) is 1. The van der Waals surface area contributed by atoms with Crippen molar-refractivity contribution in [3.63, 3.8) is 0 Å². The molecule has 2 rings (SSSR count). The summed E-state index contributed by atoms with van der Waals surface area (Å²) in [5.41, 5.74) is 0.707. The Bertz CT molecular complexity index is 416. The third-order valence-corrected chi connectivity index (χ3v) is 3.90. The summed E-state index contributed by atoms with van der Waals surface area (Å²) in [7, 11) is 0. The fourth-order valence-corrected chi connectivity index (χ4v) is 2.32. The van der Waals surface area contributed by atoms with Gasteiger partial charge in [0.1, 0.15) is 16.4 Å². The third kappa shape index (κ3) is 2.94. The van der Waals surface area contributed by atoms with E-state index in [-0.39, 0.29) is 6.10 Å². The van der Waals surface area contributed by atoms with Crippen molar-refractivity contribution >= 4 is 23.2 Å². The zero-order chi connectivity index (χ0) is 13.3. The summed E-state index contributed by atoms with van der Waals surface area (Å²) in [6, 6.07) is 0.479. The van der Waals surface area contributed by atoms with E-state index in [4.69, 9.17) is 27.9 Å². The van der Waals surface area contributed by atoms with Crippen LogP contribution in [0.2, 0.25) is 10.3 Å². The lowest BCUT2D eigenvalue weighted by atomic mass is 10.2. The highest BCUT2D eigenvalue weighted by molar-refractivity contribution is 6.34. The van der Waals surface area contributed by atoms with E-state index in [1.165, 1.54) is 0 Å². The Balaban J connectivity index is 2.21. The maximum atomic E-state index is 6.03. The van der Waals surface area contributed by atoms with Gasteiger partial charge in [-0.15, -0.1) is 0 Å². The predicted octanol–water partition coefficient (Wildman–Crippen LogP) is 2.87. The Morgan fingerprint density at radius 1 is 1.28 bits per heavy atom. The Morgan fingerprint density at radius 2 is 1.89 bits per heavy atom. The number of hydrogen-bond acceptors (Lipinski definition) is 4. The molecule has 0 aliphatic carbocycles. The summed E-state index contributed by atoms with van der Waals surface area (Å²) in [5.74, 6) is 0.570. The van der Waals surface area contributed by atoms with E-state index in [1.54, 1.807) is 6.92 Å². The van der Waals surface area contributed by atoms with E-state index in [0.717, 1.165) is 13.1 Å². The standard InChI is InChI=1S/C12H17Cl2N3O/c1-7(2)17-4-5-18-9(6-17)12-15-10(13)8(3)11(14)16-12/h7,9H,4-6H2,1-3H3. The van der Waals surface area contributed by atoms with Crippen molar-refractivity contribution in [3.05, 3.63) is 21.7 Å². The molecule has 1 aliphatic rings. The monoisotopic (exact) mass is 289 g/mol. The highest BCUT2D eigenvalue weighted by Gasteiger charge is 2.26. The van der Waals surface area contributed by atoms with E-state index < -0.39 is 0 Å². The van der Waals surface area contributed by atoms with Gasteiger partial charge in [-0.1, -0.05) is 23.2 Å². The normalized spacial score (nSPS) is 21.6. The number of rotatable bonds is 2. The van der Waals surface area contributed by atoms with E-state index in [0.29, 0.717) is 34.3 Å². The number of morpholine rings is 1. The molecule has 1 aliphatic heterocycles. The quantitative estimate of drug-likeness (QED) is 0.785. The molecular formula is C12H17Cl2N3O. The van der Waals surface area contributed by atoms with Gasteiger partial charge in [-0.25, -0.2) is 9.97 Å². The minimum atomic E-state index is -0.156. The molecule has 100 valence electrons. The topological polar surface area (TPSA) is 38.2 Å². The first kappa shape index (κ1) is 14.0. The highest BCUT2D eigenvalue weighted by atomic mass is 35.5. The number of nitrogens with zero attached hydrogens (tertiary/aromatic N) is 3. The molecule has 1 saturated heterocycles. The van der Waals surface area contributed by atoms with E-state index in [2.05, 4.69) is 28.7 Å². The van der Waals surface area contributed by atoms with Gasteiger partial charge in [0.05, 0.1) is 6.61 Å². The average Bonchev–Trinajstić information content (AvgIpc) is 2.35. The van der Waals surface area contributed by atoms with Gasteiger partial charge in [0.25, 0.3) is 0 Å². The van der Waals surface area contributed by atoms with Gasteiger partial charge in [0.15, 0.2) is 5.82 Å². The summed E-state index contributed by atoms with van der Waals surface area (Å²) in [4.78, 5) is 10.9. The molecule has 0 saturated carbocycles. The van der Waals surface area contributed by atoms with E-state index in [1.807, 2.05) is 0 Å². The van der Waals surface area contributed by atoms with Crippen molar-refractivity contribution in [2.45, 2.75) is 32.9 Å². The molecule has 0 spiro atoms. The third-order valence-electron chi connectivity index (χ3n) is 3.16. The summed E-state index contributed by atoms with van der Waals surface area (Å²) in [6.45, 7) is 8.51. The van der Waals surface area contributed by atoms with Crippen LogP contribution in [0.25, 0.3) is 0 Å². The number of hydrogen-bond donors (Lipinski definition) is 0. The van der Waals surface area contributed by atoms with Crippen molar-refractivity contribution < 1.29 is 4.74 Å². The van der Waals surface area contributed by atoms with Gasteiger partial charge < -0.3 is 4.74 Å². The number of aromatic nitrogens is 2. The maximum absolute atomic E-state index is 6.03. The molecule has 1 fully saturated rings. The molecule has 1 aromatic heterocycles. The molecular weight excluding hydrogens is 273 g/mol. The molecule has 0 bridgehead atoms. The van der Waals surface area contributed by atoms with Crippen LogP contribution >= 0.6 is 23.2 Å². The first-order valence-electron chi connectivity index (χ1n) is 6.04. The summed E-state index contributed by atoms with van der Waals surface area (Å²) < 4.78 is 5.71. The summed E-state index contributed by atoms with van der Waals surface area (Å²) >= 11 is 12.1. The second-order valence-corrected chi connectivity index (χ2v) is 5.45. The Kier molecular flexibility index (Phi) is 4.43. The first-order valence-corrected chi connectivity index (χ1v) is 6.79. The fraction of sp³-hybridized carbons (Fsp3) is 0.667. The van der Waals surface area contributed by atoms with Gasteiger partial charge in [-0.2, -0.15) is 0 Å². The van der Waals surface area contributed by atoms with Crippen molar-refractivity contribution in [1.29, 1.82) is 0 Å². The molecule has 2 heterocycles. The Hall–Kier alpha value is -0.420. The highest BCUT2D eigenvalue weighted by Crippen LogP contribution is 2.26. The van der Waals surface area contributed by atoms with Crippen LogP contribution < -0.4 is 0 Å². The molecule has 4 nitrogen and oxygen atoms in total. The summed E-state index contributed by atoms with van der Waals surface area (Å²) in [6.07, 6.45) is -0.156. The Morgan fingerprint density at radius 3 is 2.44 bits per heavy atom. The van der Waals surface area contributed by atoms with Crippen molar-refractivity contribution in [2.75, 3.05) is 19.7 Å². The lowest BCUT2D eigenvalue weighted by Crippen LogP contribution is -2.42. The van der Waals surface area contributed by atoms with Crippen LogP contribution in [-0.4, -0.2) is 40.6 Å². The zero-order valence-corrected chi connectivity index (χ0v) is 12.3. The van der Waals surface area contributed by atoms with Gasteiger partial charge >= 0.3 is 0 Å². The van der Waals surface area contributed by atoms with E-state index in [9.17, 15) is 0 Å². The van der Waals surface area contributed by atoms with Crippen LogP contribution in [0.5, 0.6) is 0 Å². The largest absolute Gasteiger partial charge is 0.368 e. The van der Waals surface area contributed by atoms with Gasteiger partial charge in [0.2, 0.25) is 0 Å². The van der Waals surface area contributed by atoms with Gasteiger partial charge in [0, 0.05) is 24.7 Å². The van der Waals surface area contributed by atoms with Crippen LogP contribution in [0.15, 0.2) is 0 Å². The average molecular weight is 290 g/mol. The molecule has 0 amide bonds. The molecule has 0 radical (unpaired) electrons. The van der Waals surface area contributed by atoms with Crippen molar-refractivity contribution in [3.8, 4) is 0 Å². The SMILES string of the molecule is Cc1c(Cl)nc(C2CN(C(C)C)CCO2)nc1Cl. The lowest BCUT2D eigenvalue weighted by molar-refractivity contribution is -0.0442. The minimum Gasteiger partial charge on any atom is -0.368 e. The Labute approximate surface area is 117 Å². The van der Waals surface area contributed by atoms with Crippen LogP contribution in [0.4, 0.5) is 0 Å². The minimum absolute atomic E-state index is 0.156. The fourth-order valence-electron chi connectivity index (χ4n) is 1.92. The van der Waals surface area contributed by atoms with Crippen molar-refractivity contribution in [2.24, 2.45) is 0 Å². The lowest BCUT2D eigenvalue weighted by Gasteiger charge is -2.34. The van der Waals surface area contributed by atoms with Gasteiger partial charge in [-0.05, 0) is 20.8 Å². The summed E-state index contributed by atoms with van der Waals surface area (Å²) in [5, 5.41) is 0.797. The number of halogens is 2. The van der Waals surface area contributed by atoms with Crippen molar-refractivity contribution in [1.82, 2.24) is 14.9 Å². The van der Waals surface area contributed by atoms with E-state index >= 15 is 0 Å². The van der Waals surface area contributed by atoms with Crippen LogP contribution in [0.1, 0.15) is 31.3 Å². The zero-order valence-electron chi connectivity index (χ0n) is 10.8. The predicted molar refractivity (Wildman–Crippen MR) is 72.2 cm³/mol. The van der Waals surface area contributed by atoms with Crippen LogP contribution in [0, 0.1) is 6.92 Å². The second kappa shape index (κ2) is 5.70. The van der Waals surface area contributed by atoms with Crippen LogP contribution in [0.3, 0.4) is 0 Å². The molecule has 0 N–H and O–H groups in total.